The van der Waals surface area contributed by atoms with Crippen molar-refractivity contribution in [2.24, 2.45) is 0 Å². The number of hydroxylamine groups is 2. The van der Waals surface area contributed by atoms with Gasteiger partial charge in [0.25, 0.3) is 5.91 Å². The molecule has 0 unspecified atom stereocenters. The summed E-state index contributed by atoms with van der Waals surface area (Å²) in [6.45, 7) is 2.36. The van der Waals surface area contributed by atoms with Gasteiger partial charge in [0, 0.05) is 6.20 Å². The van der Waals surface area contributed by atoms with Gasteiger partial charge < -0.3 is 0 Å². The topological polar surface area (TPSA) is 29.5 Å². The van der Waals surface area contributed by atoms with E-state index in [0.717, 1.165) is 0 Å². The molecule has 3 nitrogen and oxygen atoms in total. The summed E-state index contributed by atoms with van der Waals surface area (Å²) in [4.78, 5) is 15.6. The lowest BCUT2D eigenvalue weighted by molar-refractivity contribution is -0.148. The molecule has 3 heteroatoms. The Kier molecular flexibility index (Phi) is 1.85. The van der Waals surface area contributed by atoms with Gasteiger partial charge in [0.15, 0.2) is 0 Å². The summed E-state index contributed by atoms with van der Waals surface area (Å²) in [7, 11) is 0. The van der Waals surface area contributed by atoms with Crippen LogP contribution < -0.4 is 0 Å². The average Bonchev–Trinajstić information content (AvgIpc) is 2.18. The van der Waals surface area contributed by atoms with Crippen LogP contribution in [0.2, 0.25) is 0 Å². The Morgan fingerprint density at radius 3 is 3.00 bits per heavy atom. The second-order valence-corrected chi connectivity index (χ2v) is 1.79. The zero-order valence-electron chi connectivity index (χ0n) is 5.33. The molecule has 1 aliphatic heterocycles. The highest BCUT2D eigenvalue weighted by molar-refractivity contribution is 5.77. The maximum absolute atomic E-state index is 10.7. The Hall–Kier alpha value is -0.830. The van der Waals surface area contributed by atoms with Gasteiger partial charge in [-0.2, -0.15) is 5.06 Å². The first-order chi connectivity index (χ1) is 4.34. The highest BCUT2D eigenvalue weighted by Crippen LogP contribution is 2.05. The Bertz CT molecular complexity index is 142. The number of amides is 1. The molecule has 0 spiro atoms. The molecule has 1 saturated heterocycles. The van der Waals surface area contributed by atoms with Gasteiger partial charge in [0.2, 0.25) is 0 Å². The molecule has 1 heterocycles. The summed E-state index contributed by atoms with van der Waals surface area (Å²) in [6.07, 6.45) is 3.89. The third-order valence-corrected chi connectivity index (χ3v) is 1.08. The quantitative estimate of drug-likeness (QED) is 0.518. The number of hydrogen-bond acceptors (Lipinski definition) is 2. The summed E-state index contributed by atoms with van der Waals surface area (Å²) >= 11 is 0. The molecule has 0 saturated carbocycles. The number of hydrogen-bond donors (Lipinski definition) is 0. The molecule has 9 heavy (non-hydrogen) atoms. The third kappa shape index (κ3) is 1.29. The minimum Gasteiger partial charge on any atom is -0.272 e. The highest BCUT2D eigenvalue weighted by Gasteiger charge is 2.17. The van der Waals surface area contributed by atoms with E-state index in [9.17, 15) is 4.79 Å². The Morgan fingerprint density at radius 1 is 1.78 bits per heavy atom. The monoisotopic (exact) mass is 127 g/mol. The normalized spacial score (nSPS) is 20.1. The van der Waals surface area contributed by atoms with E-state index in [1.165, 1.54) is 5.06 Å². The van der Waals surface area contributed by atoms with Crippen LogP contribution in [-0.4, -0.2) is 17.6 Å². The minimum absolute atomic E-state index is 0.0353. The fraction of sp³-hybridized carbons (Fsp3) is 0.500. The van der Waals surface area contributed by atoms with Crippen LogP contribution in [0.25, 0.3) is 0 Å². The molecule has 1 rings (SSSR count). The largest absolute Gasteiger partial charge is 0.272 e. The molecule has 0 bridgehead atoms. The van der Waals surface area contributed by atoms with E-state index in [4.69, 9.17) is 4.84 Å². The van der Waals surface area contributed by atoms with Crippen molar-refractivity contribution in [3.05, 3.63) is 12.3 Å². The first kappa shape index (κ1) is 6.29. The van der Waals surface area contributed by atoms with Crippen molar-refractivity contribution < 1.29 is 9.63 Å². The number of allylic oxidation sites excluding steroid dienone is 1. The first-order valence-corrected chi connectivity index (χ1v) is 2.92. The van der Waals surface area contributed by atoms with E-state index in [2.05, 4.69) is 0 Å². The van der Waals surface area contributed by atoms with Gasteiger partial charge in [0.1, 0.15) is 0 Å². The summed E-state index contributed by atoms with van der Waals surface area (Å²) < 4.78 is 0. The lowest BCUT2D eigenvalue weighted by Gasteiger charge is -2.05. The predicted octanol–water partition coefficient (Wildman–Crippen LogP) is 0.684. The van der Waals surface area contributed by atoms with Crippen LogP contribution in [0.5, 0.6) is 0 Å². The van der Waals surface area contributed by atoms with Gasteiger partial charge in [0.05, 0.1) is 13.0 Å². The maximum atomic E-state index is 10.7. The van der Waals surface area contributed by atoms with E-state index in [1.54, 1.807) is 12.3 Å². The standard InChI is InChI=1S/C6H9NO2/c1-2-4-7-6(8)3-5-9-7/h2,4H,3,5H2,1H3/b4-2-. The number of rotatable bonds is 1. The van der Waals surface area contributed by atoms with Gasteiger partial charge in [-0.05, 0) is 6.92 Å². The maximum Gasteiger partial charge on any atom is 0.252 e. The Morgan fingerprint density at radius 2 is 2.56 bits per heavy atom. The van der Waals surface area contributed by atoms with Gasteiger partial charge in [-0.25, -0.2) is 0 Å². The number of carbonyl (C=O) groups excluding carboxylic acids is 1. The molecule has 0 aliphatic carbocycles. The van der Waals surface area contributed by atoms with Crippen molar-refractivity contribution in [1.82, 2.24) is 5.06 Å². The van der Waals surface area contributed by atoms with Gasteiger partial charge in [-0.3, -0.25) is 9.63 Å². The summed E-state index contributed by atoms with van der Waals surface area (Å²) in [6, 6.07) is 0. The Labute approximate surface area is 53.9 Å². The van der Waals surface area contributed by atoms with E-state index in [0.29, 0.717) is 13.0 Å². The van der Waals surface area contributed by atoms with E-state index in [-0.39, 0.29) is 5.91 Å². The average molecular weight is 127 g/mol. The SMILES string of the molecule is C/C=C\N1OCCC1=O. The molecule has 0 aromatic heterocycles. The minimum atomic E-state index is 0.0353. The van der Waals surface area contributed by atoms with Gasteiger partial charge in [-0.1, -0.05) is 6.08 Å². The van der Waals surface area contributed by atoms with Gasteiger partial charge >= 0.3 is 0 Å². The van der Waals surface area contributed by atoms with E-state index in [1.807, 2.05) is 6.92 Å². The number of nitrogens with zero attached hydrogens (tertiary/aromatic N) is 1. The smallest absolute Gasteiger partial charge is 0.252 e. The van der Waals surface area contributed by atoms with Crippen molar-refractivity contribution in [1.29, 1.82) is 0 Å². The zero-order chi connectivity index (χ0) is 6.69. The molecule has 0 N–H and O–H groups in total. The predicted molar refractivity (Wildman–Crippen MR) is 32.2 cm³/mol. The lowest BCUT2D eigenvalue weighted by atomic mass is 10.4. The van der Waals surface area contributed by atoms with Crippen LogP contribution in [-0.2, 0) is 9.63 Å². The fourth-order valence-corrected chi connectivity index (χ4v) is 0.675. The molecule has 1 aliphatic rings. The fourth-order valence-electron chi connectivity index (χ4n) is 0.675. The van der Waals surface area contributed by atoms with Crippen molar-refractivity contribution >= 4 is 5.91 Å². The van der Waals surface area contributed by atoms with Crippen molar-refractivity contribution in [2.45, 2.75) is 13.3 Å². The van der Waals surface area contributed by atoms with Crippen LogP contribution >= 0.6 is 0 Å². The summed E-state index contributed by atoms with van der Waals surface area (Å²) in [5.74, 6) is 0.0353. The molecular formula is C6H9NO2. The van der Waals surface area contributed by atoms with Crippen LogP contribution in [0, 0.1) is 0 Å². The van der Waals surface area contributed by atoms with Crippen molar-refractivity contribution in [3.63, 3.8) is 0 Å². The molecule has 0 aromatic rings. The van der Waals surface area contributed by atoms with Crippen LogP contribution in [0.15, 0.2) is 12.3 Å². The number of carbonyl (C=O) groups is 1. The molecule has 0 atom stereocenters. The third-order valence-electron chi connectivity index (χ3n) is 1.08. The lowest BCUT2D eigenvalue weighted by Crippen LogP contribution is -2.15. The van der Waals surface area contributed by atoms with Crippen LogP contribution in [0.3, 0.4) is 0 Å². The van der Waals surface area contributed by atoms with Crippen LogP contribution in [0.1, 0.15) is 13.3 Å². The van der Waals surface area contributed by atoms with Crippen molar-refractivity contribution in [2.75, 3.05) is 6.61 Å². The van der Waals surface area contributed by atoms with E-state index < -0.39 is 0 Å². The Balaban J connectivity index is 2.49. The summed E-state index contributed by atoms with van der Waals surface area (Å²) in [5.41, 5.74) is 0. The molecular weight excluding hydrogens is 118 g/mol. The van der Waals surface area contributed by atoms with E-state index >= 15 is 0 Å². The first-order valence-electron chi connectivity index (χ1n) is 2.92. The molecule has 1 fully saturated rings. The molecule has 0 aromatic carbocycles. The van der Waals surface area contributed by atoms with Crippen molar-refractivity contribution in [3.8, 4) is 0 Å². The molecule has 0 radical (unpaired) electrons. The molecule has 1 amide bonds. The van der Waals surface area contributed by atoms with Gasteiger partial charge in [-0.15, -0.1) is 0 Å². The zero-order valence-corrected chi connectivity index (χ0v) is 5.33. The second-order valence-electron chi connectivity index (χ2n) is 1.79. The second kappa shape index (κ2) is 2.64. The summed E-state index contributed by atoms with van der Waals surface area (Å²) in [5, 5.41) is 1.26. The van der Waals surface area contributed by atoms with Crippen LogP contribution in [0.4, 0.5) is 0 Å². The molecule has 50 valence electrons. The highest BCUT2D eigenvalue weighted by atomic mass is 16.7.